The molecule has 4 N–H and O–H groups in total. The predicted molar refractivity (Wildman–Crippen MR) is 60.4 cm³/mol. The maximum absolute atomic E-state index is 9.07. The lowest BCUT2D eigenvalue weighted by molar-refractivity contribution is 0.272. The molecular formula is C11H18N2O. The molecule has 0 aromatic heterocycles. The Balaban J connectivity index is 2.84. The van der Waals surface area contributed by atoms with Crippen molar-refractivity contribution in [2.45, 2.75) is 26.3 Å². The second-order valence-corrected chi connectivity index (χ2v) is 3.47. The van der Waals surface area contributed by atoms with E-state index in [0.29, 0.717) is 0 Å². The molecule has 3 heteroatoms. The summed E-state index contributed by atoms with van der Waals surface area (Å²) < 4.78 is 0. The van der Waals surface area contributed by atoms with Gasteiger partial charge in [0.1, 0.15) is 0 Å². The lowest BCUT2D eigenvalue weighted by atomic mass is 10.1. The van der Waals surface area contributed by atoms with Crippen LogP contribution in [0.15, 0.2) is 18.2 Å². The molecule has 0 saturated heterocycles. The van der Waals surface area contributed by atoms with Gasteiger partial charge in [0.05, 0.1) is 18.0 Å². The Morgan fingerprint density at radius 1 is 1.50 bits per heavy atom. The first-order valence-corrected chi connectivity index (χ1v) is 4.91. The van der Waals surface area contributed by atoms with E-state index in [4.69, 9.17) is 10.8 Å². The highest BCUT2D eigenvalue weighted by atomic mass is 16.3. The number of aliphatic hydroxyl groups excluding tert-OH is 1. The van der Waals surface area contributed by atoms with Gasteiger partial charge in [0.25, 0.3) is 0 Å². The molecule has 0 spiro atoms. The highest BCUT2D eigenvalue weighted by Crippen LogP contribution is 2.23. The van der Waals surface area contributed by atoms with Gasteiger partial charge < -0.3 is 16.2 Å². The maximum atomic E-state index is 9.07. The highest BCUT2D eigenvalue weighted by Gasteiger charge is 2.08. The highest BCUT2D eigenvalue weighted by molar-refractivity contribution is 5.70. The monoisotopic (exact) mass is 194 g/mol. The van der Waals surface area contributed by atoms with Gasteiger partial charge in [-0.15, -0.1) is 0 Å². The van der Waals surface area contributed by atoms with E-state index in [1.54, 1.807) is 0 Å². The SMILES string of the molecule is CCC(CO)Nc1c(C)cccc1N. The standard InChI is InChI=1S/C11H18N2O/c1-3-9(7-14)13-11-8(2)5-4-6-10(11)12/h4-6,9,13-14H,3,7,12H2,1-2H3. The lowest BCUT2D eigenvalue weighted by Gasteiger charge is -2.18. The van der Waals surface area contributed by atoms with Gasteiger partial charge in [0.2, 0.25) is 0 Å². The molecule has 1 aromatic carbocycles. The molecule has 3 nitrogen and oxygen atoms in total. The van der Waals surface area contributed by atoms with Crippen LogP contribution in [0.5, 0.6) is 0 Å². The zero-order chi connectivity index (χ0) is 10.6. The molecule has 1 unspecified atom stereocenters. The summed E-state index contributed by atoms with van der Waals surface area (Å²) in [4.78, 5) is 0. The fourth-order valence-electron chi connectivity index (χ4n) is 1.37. The van der Waals surface area contributed by atoms with Gasteiger partial charge in [0.15, 0.2) is 0 Å². The molecule has 0 saturated carbocycles. The van der Waals surface area contributed by atoms with E-state index in [0.717, 1.165) is 23.4 Å². The number of hydrogen-bond acceptors (Lipinski definition) is 3. The number of nitrogen functional groups attached to an aromatic ring is 1. The molecule has 0 amide bonds. The second kappa shape index (κ2) is 4.86. The van der Waals surface area contributed by atoms with Crippen LogP contribution < -0.4 is 11.1 Å². The minimum atomic E-state index is 0.0819. The predicted octanol–water partition coefficient (Wildman–Crippen LogP) is 1.76. The van der Waals surface area contributed by atoms with Gasteiger partial charge in [-0.25, -0.2) is 0 Å². The fraction of sp³-hybridized carbons (Fsp3) is 0.455. The number of anilines is 2. The normalized spacial score (nSPS) is 12.5. The molecular weight excluding hydrogens is 176 g/mol. The Kier molecular flexibility index (Phi) is 3.77. The molecule has 0 radical (unpaired) electrons. The van der Waals surface area contributed by atoms with Crippen molar-refractivity contribution in [3.05, 3.63) is 23.8 Å². The summed E-state index contributed by atoms with van der Waals surface area (Å²) in [6.45, 7) is 4.16. The van der Waals surface area contributed by atoms with Gasteiger partial charge in [-0.05, 0) is 25.0 Å². The van der Waals surface area contributed by atoms with Crippen molar-refractivity contribution in [3.8, 4) is 0 Å². The average molecular weight is 194 g/mol. The van der Waals surface area contributed by atoms with E-state index >= 15 is 0 Å². The summed E-state index contributed by atoms with van der Waals surface area (Å²) in [6, 6.07) is 5.87. The van der Waals surface area contributed by atoms with Crippen LogP contribution in [0.4, 0.5) is 11.4 Å². The van der Waals surface area contributed by atoms with Crippen molar-refractivity contribution in [2.24, 2.45) is 0 Å². The molecule has 14 heavy (non-hydrogen) atoms. The van der Waals surface area contributed by atoms with Gasteiger partial charge in [-0.2, -0.15) is 0 Å². The third-order valence-electron chi connectivity index (χ3n) is 2.37. The Bertz CT molecular complexity index is 275. The number of aliphatic hydroxyl groups is 1. The third kappa shape index (κ3) is 2.39. The number of benzene rings is 1. The van der Waals surface area contributed by atoms with Crippen LogP contribution >= 0.6 is 0 Å². The average Bonchev–Trinajstić information content (AvgIpc) is 2.18. The minimum Gasteiger partial charge on any atom is -0.397 e. The Hall–Kier alpha value is -1.22. The van der Waals surface area contributed by atoms with Crippen molar-refractivity contribution in [1.29, 1.82) is 0 Å². The molecule has 0 aliphatic heterocycles. The molecule has 78 valence electrons. The fourth-order valence-corrected chi connectivity index (χ4v) is 1.37. The van der Waals surface area contributed by atoms with Crippen molar-refractivity contribution < 1.29 is 5.11 Å². The lowest BCUT2D eigenvalue weighted by Crippen LogP contribution is -2.23. The van der Waals surface area contributed by atoms with Crippen LogP contribution in [0.1, 0.15) is 18.9 Å². The van der Waals surface area contributed by atoms with Gasteiger partial charge in [-0.3, -0.25) is 0 Å². The Morgan fingerprint density at radius 2 is 2.21 bits per heavy atom. The van der Waals surface area contributed by atoms with Crippen LogP contribution in [0.2, 0.25) is 0 Å². The number of nitrogens with one attached hydrogen (secondary N) is 1. The molecule has 0 heterocycles. The van der Waals surface area contributed by atoms with E-state index in [-0.39, 0.29) is 12.6 Å². The number of hydrogen-bond donors (Lipinski definition) is 3. The quantitative estimate of drug-likeness (QED) is 0.640. The Morgan fingerprint density at radius 3 is 2.71 bits per heavy atom. The summed E-state index contributed by atoms with van der Waals surface area (Å²) in [5.74, 6) is 0. The Labute approximate surface area is 84.9 Å². The van der Waals surface area contributed by atoms with Crippen LogP contribution in [-0.4, -0.2) is 17.8 Å². The number of aryl methyl sites for hydroxylation is 1. The van der Waals surface area contributed by atoms with Crippen LogP contribution in [0.25, 0.3) is 0 Å². The first-order valence-electron chi connectivity index (χ1n) is 4.91. The molecule has 1 atom stereocenters. The van der Waals surface area contributed by atoms with Crippen molar-refractivity contribution in [1.82, 2.24) is 0 Å². The van der Waals surface area contributed by atoms with E-state index < -0.39 is 0 Å². The van der Waals surface area contributed by atoms with Crippen molar-refractivity contribution in [3.63, 3.8) is 0 Å². The van der Waals surface area contributed by atoms with Crippen LogP contribution in [0, 0.1) is 6.92 Å². The van der Waals surface area contributed by atoms with E-state index in [1.807, 2.05) is 32.0 Å². The van der Waals surface area contributed by atoms with Crippen molar-refractivity contribution >= 4 is 11.4 Å². The molecule has 0 fully saturated rings. The third-order valence-corrected chi connectivity index (χ3v) is 2.37. The summed E-state index contributed by atoms with van der Waals surface area (Å²) in [5, 5.41) is 12.3. The smallest absolute Gasteiger partial charge is 0.0632 e. The minimum absolute atomic E-state index is 0.0819. The van der Waals surface area contributed by atoms with E-state index in [2.05, 4.69) is 5.32 Å². The number of nitrogens with two attached hydrogens (primary N) is 1. The first kappa shape index (κ1) is 10.9. The topological polar surface area (TPSA) is 58.3 Å². The number of para-hydroxylation sites is 1. The van der Waals surface area contributed by atoms with E-state index in [9.17, 15) is 0 Å². The maximum Gasteiger partial charge on any atom is 0.0632 e. The molecule has 0 aliphatic rings. The number of rotatable bonds is 4. The molecule has 0 bridgehead atoms. The second-order valence-electron chi connectivity index (χ2n) is 3.47. The zero-order valence-electron chi connectivity index (χ0n) is 8.75. The molecule has 1 aromatic rings. The van der Waals surface area contributed by atoms with Gasteiger partial charge >= 0.3 is 0 Å². The summed E-state index contributed by atoms with van der Waals surface area (Å²) in [6.07, 6.45) is 0.879. The molecule has 0 aliphatic carbocycles. The van der Waals surface area contributed by atoms with Gasteiger partial charge in [-0.1, -0.05) is 19.1 Å². The summed E-state index contributed by atoms with van der Waals surface area (Å²) in [5.41, 5.74) is 8.61. The largest absolute Gasteiger partial charge is 0.397 e. The first-order chi connectivity index (χ1) is 6.69. The summed E-state index contributed by atoms with van der Waals surface area (Å²) in [7, 11) is 0. The molecule has 1 rings (SSSR count). The van der Waals surface area contributed by atoms with Crippen LogP contribution in [0.3, 0.4) is 0 Å². The zero-order valence-corrected chi connectivity index (χ0v) is 8.75. The summed E-state index contributed by atoms with van der Waals surface area (Å²) >= 11 is 0. The van der Waals surface area contributed by atoms with Crippen LogP contribution in [-0.2, 0) is 0 Å². The van der Waals surface area contributed by atoms with Crippen molar-refractivity contribution in [2.75, 3.05) is 17.7 Å². The van der Waals surface area contributed by atoms with E-state index in [1.165, 1.54) is 0 Å². The van der Waals surface area contributed by atoms with Gasteiger partial charge in [0, 0.05) is 6.04 Å².